The third kappa shape index (κ3) is 4.49. The quantitative estimate of drug-likeness (QED) is 0.357. The lowest BCUT2D eigenvalue weighted by Gasteiger charge is -2.09. The van der Waals surface area contributed by atoms with E-state index in [0.717, 1.165) is 16.6 Å². The van der Waals surface area contributed by atoms with Crippen LogP contribution in [0.4, 0.5) is 0 Å². The van der Waals surface area contributed by atoms with Crippen molar-refractivity contribution in [2.24, 2.45) is 5.16 Å². The summed E-state index contributed by atoms with van der Waals surface area (Å²) >= 11 is 0. The lowest BCUT2D eigenvalue weighted by molar-refractivity contribution is 0.140. The minimum Gasteiger partial charge on any atom is -0.493 e. The van der Waals surface area contributed by atoms with Crippen molar-refractivity contribution in [2.75, 3.05) is 20.3 Å². The summed E-state index contributed by atoms with van der Waals surface area (Å²) in [5.41, 5.74) is 2.47. The largest absolute Gasteiger partial charge is 0.493 e. The molecule has 0 saturated carbocycles. The van der Waals surface area contributed by atoms with E-state index in [4.69, 9.17) is 14.3 Å². The fourth-order valence-electron chi connectivity index (χ4n) is 2.81. The van der Waals surface area contributed by atoms with Gasteiger partial charge in [0.05, 0.1) is 31.0 Å². The van der Waals surface area contributed by atoms with E-state index in [1.54, 1.807) is 17.9 Å². The molecule has 1 heterocycles. The molecule has 0 saturated heterocycles. The van der Waals surface area contributed by atoms with Gasteiger partial charge in [-0.1, -0.05) is 17.3 Å². The zero-order valence-corrected chi connectivity index (χ0v) is 15.5. The summed E-state index contributed by atoms with van der Waals surface area (Å²) in [5.74, 6) is 1.35. The van der Waals surface area contributed by atoms with Crippen molar-refractivity contribution in [1.29, 1.82) is 0 Å². The number of aromatic nitrogens is 2. The first-order valence-electron chi connectivity index (χ1n) is 8.86. The van der Waals surface area contributed by atoms with E-state index in [0.29, 0.717) is 37.7 Å². The molecule has 0 aliphatic heterocycles. The molecule has 2 aromatic carbocycles. The number of rotatable bonds is 9. The molecule has 1 N–H and O–H groups in total. The highest BCUT2D eigenvalue weighted by Gasteiger charge is 2.06. The molecule has 0 aliphatic rings. The Kier molecular flexibility index (Phi) is 6.14. The zero-order chi connectivity index (χ0) is 19.1. The average Bonchev–Trinajstić information content (AvgIpc) is 3.01. The number of nitrogens with zero attached hydrogens (tertiary/aromatic N) is 2. The summed E-state index contributed by atoms with van der Waals surface area (Å²) in [4.78, 5) is 20.1. The number of benzene rings is 2. The summed E-state index contributed by atoms with van der Waals surface area (Å²) in [6, 6.07) is 13.2. The number of fused-ring (bicyclic) bond motifs is 1. The van der Waals surface area contributed by atoms with Gasteiger partial charge in [0.25, 0.3) is 0 Å². The Labute approximate surface area is 157 Å². The number of aryl methyl sites for hydroxylation is 1. The number of hydrogen-bond donors (Lipinski definition) is 1. The van der Waals surface area contributed by atoms with Crippen LogP contribution in [-0.2, 0) is 11.4 Å². The Hall–Kier alpha value is -3.22. The maximum absolute atomic E-state index is 12.0. The fourth-order valence-corrected chi connectivity index (χ4v) is 2.81. The molecule has 0 spiro atoms. The SMILES string of the molecule is CCOc1ccc(/C=N\OCCCn2c(=O)[nH]c3ccccc32)cc1OC. The molecule has 3 aromatic rings. The van der Waals surface area contributed by atoms with Crippen molar-refractivity contribution in [3.8, 4) is 11.5 Å². The van der Waals surface area contributed by atoms with Gasteiger partial charge in [0.1, 0.15) is 6.61 Å². The second-order valence-corrected chi connectivity index (χ2v) is 5.86. The van der Waals surface area contributed by atoms with Crippen LogP contribution in [0.15, 0.2) is 52.4 Å². The van der Waals surface area contributed by atoms with Gasteiger partial charge in [-0.2, -0.15) is 0 Å². The summed E-state index contributed by atoms with van der Waals surface area (Å²) < 4.78 is 12.5. The second-order valence-electron chi connectivity index (χ2n) is 5.86. The smallest absolute Gasteiger partial charge is 0.326 e. The van der Waals surface area contributed by atoms with E-state index in [-0.39, 0.29) is 5.69 Å². The molecule has 27 heavy (non-hydrogen) atoms. The Morgan fingerprint density at radius 1 is 1.19 bits per heavy atom. The number of ether oxygens (including phenoxy) is 2. The summed E-state index contributed by atoms with van der Waals surface area (Å²) in [5, 5.41) is 3.98. The van der Waals surface area contributed by atoms with Crippen LogP contribution in [0.1, 0.15) is 18.9 Å². The zero-order valence-electron chi connectivity index (χ0n) is 15.5. The number of hydrogen-bond acceptors (Lipinski definition) is 5. The molecule has 1 aromatic heterocycles. The minimum atomic E-state index is -0.110. The Balaban J connectivity index is 1.51. The molecular formula is C20H23N3O4. The van der Waals surface area contributed by atoms with Crippen molar-refractivity contribution in [3.05, 3.63) is 58.5 Å². The third-order valence-corrected chi connectivity index (χ3v) is 4.06. The van der Waals surface area contributed by atoms with Gasteiger partial charge in [-0.25, -0.2) is 4.79 Å². The fraction of sp³-hybridized carbons (Fsp3) is 0.300. The first-order valence-corrected chi connectivity index (χ1v) is 8.86. The van der Waals surface area contributed by atoms with Gasteiger partial charge in [0.15, 0.2) is 11.5 Å². The van der Waals surface area contributed by atoms with Crippen molar-refractivity contribution >= 4 is 17.2 Å². The molecule has 142 valence electrons. The normalized spacial score (nSPS) is 11.2. The molecule has 0 radical (unpaired) electrons. The number of para-hydroxylation sites is 2. The topological polar surface area (TPSA) is 77.8 Å². The molecule has 0 amide bonds. The van der Waals surface area contributed by atoms with Gasteiger partial charge in [0, 0.05) is 18.5 Å². The molecule has 7 nitrogen and oxygen atoms in total. The Morgan fingerprint density at radius 2 is 2.04 bits per heavy atom. The van der Waals surface area contributed by atoms with Gasteiger partial charge < -0.3 is 19.3 Å². The summed E-state index contributed by atoms with van der Waals surface area (Å²) in [7, 11) is 1.60. The van der Waals surface area contributed by atoms with Gasteiger partial charge in [-0.05, 0) is 37.3 Å². The average molecular weight is 369 g/mol. The van der Waals surface area contributed by atoms with Crippen molar-refractivity contribution in [2.45, 2.75) is 19.9 Å². The molecule has 0 atom stereocenters. The van der Waals surface area contributed by atoms with E-state index in [9.17, 15) is 4.79 Å². The predicted molar refractivity (Wildman–Crippen MR) is 105 cm³/mol. The van der Waals surface area contributed by atoms with Crippen LogP contribution in [0, 0.1) is 0 Å². The highest BCUT2D eigenvalue weighted by molar-refractivity contribution is 5.80. The number of methoxy groups -OCH3 is 1. The van der Waals surface area contributed by atoms with E-state index >= 15 is 0 Å². The van der Waals surface area contributed by atoms with Crippen LogP contribution < -0.4 is 15.2 Å². The minimum absolute atomic E-state index is 0.110. The molecule has 3 rings (SSSR count). The number of oxime groups is 1. The Bertz CT molecular complexity index is 975. The summed E-state index contributed by atoms with van der Waals surface area (Å²) in [6.07, 6.45) is 2.29. The lowest BCUT2D eigenvalue weighted by Crippen LogP contribution is -2.17. The van der Waals surface area contributed by atoms with E-state index < -0.39 is 0 Å². The highest BCUT2D eigenvalue weighted by Crippen LogP contribution is 2.27. The molecule has 0 unspecified atom stereocenters. The van der Waals surface area contributed by atoms with Crippen LogP contribution in [-0.4, -0.2) is 36.1 Å². The number of nitrogens with one attached hydrogen (secondary N) is 1. The van der Waals surface area contributed by atoms with Crippen molar-refractivity contribution in [1.82, 2.24) is 9.55 Å². The molecular weight excluding hydrogens is 346 g/mol. The predicted octanol–water partition coefficient (Wildman–Crippen LogP) is 3.18. The first kappa shape index (κ1) is 18.6. The van der Waals surface area contributed by atoms with E-state index in [2.05, 4.69) is 10.1 Å². The van der Waals surface area contributed by atoms with Crippen LogP contribution in [0.25, 0.3) is 11.0 Å². The van der Waals surface area contributed by atoms with Crippen LogP contribution in [0.3, 0.4) is 0 Å². The number of H-pyrrole nitrogens is 1. The maximum atomic E-state index is 12.0. The highest BCUT2D eigenvalue weighted by atomic mass is 16.6. The standard InChI is InChI=1S/C20H23N3O4/c1-3-26-18-10-9-15(13-19(18)25-2)14-21-27-12-6-11-23-17-8-5-4-7-16(17)22-20(23)24/h4-5,7-10,13-14H,3,6,11-12H2,1-2H3,(H,22,24)/b21-14-. The number of aromatic amines is 1. The monoisotopic (exact) mass is 369 g/mol. The first-order chi connectivity index (χ1) is 13.2. The molecule has 0 aliphatic carbocycles. The van der Waals surface area contributed by atoms with Crippen molar-refractivity contribution < 1.29 is 14.3 Å². The summed E-state index contributed by atoms with van der Waals surface area (Å²) in [6.45, 7) is 3.48. The van der Waals surface area contributed by atoms with Crippen molar-refractivity contribution in [3.63, 3.8) is 0 Å². The van der Waals surface area contributed by atoms with E-state index in [1.165, 1.54) is 0 Å². The maximum Gasteiger partial charge on any atom is 0.326 e. The third-order valence-electron chi connectivity index (χ3n) is 4.06. The molecule has 0 bridgehead atoms. The van der Waals surface area contributed by atoms with Crippen LogP contribution >= 0.6 is 0 Å². The van der Waals surface area contributed by atoms with Gasteiger partial charge >= 0.3 is 5.69 Å². The van der Waals surface area contributed by atoms with Gasteiger partial charge in [-0.15, -0.1) is 0 Å². The molecule has 0 fully saturated rings. The Morgan fingerprint density at radius 3 is 2.85 bits per heavy atom. The van der Waals surface area contributed by atoms with Gasteiger partial charge in [-0.3, -0.25) is 4.57 Å². The van der Waals surface area contributed by atoms with Crippen LogP contribution in [0.2, 0.25) is 0 Å². The van der Waals surface area contributed by atoms with Crippen LogP contribution in [0.5, 0.6) is 11.5 Å². The van der Waals surface area contributed by atoms with Gasteiger partial charge in [0.2, 0.25) is 0 Å². The second kappa shape index (κ2) is 8.93. The number of imidazole rings is 1. The van der Waals surface area contributed by atoms with E-state index in [1.807, 2.05) is 49.4 Å². The lowest BCUT2D eigenvalue weighted by atomic mass is 10.2. The molecule has 7 heteroatoms.